The van der Waals surface area contributed by atoms with E-state index in [-0.39, 0.29) is 16.6 Å². The minimum atomic E-state index is -5.01. The molecule has 1 N–H and O–H groups in total. The molecule has 1 fully saturated rings. The highest BCUT2D eigenvalue weighted by atomic mass is 19.4. The Morgan fingerprint density at radius 1 is 1.25 bits per heavy atom. The third-order valence-electron chi connectivity index (χ3n) is 5.61. The maximum atomic E-state index is 13.6. The van der Waals surface area contributed by atoms with Gasteiger partial charge in [-0.25, -0.2) is 0 Å². The Hall–Kier alpha value is -2.09. The molecule has 0 spiro atoms. The molecule has 0 bridgehead atoms. The Morgan fingerprint density at radius 2 is 1.93 bits per heavy atom. The molecule has 1 aliphatic heterocycles. The first-order chi connectivity index (χ1) is 13.1. The fourth-order valence-electron chi connectivity index (χ4n) is 3.73. The van der Waals surface area contributed by atoms with Crippen LogP contribution in [-0.2, 0) is 4.79 Å². The maximum absolute atomic E-state index is 13.6. The van der Waals surface area contributed by atoms with Crippen molar-refractivity contribution in [2.24, 2.45) is 11.0 Å². The summed E-state index contributed by atoms with van der Waals surface area (Å²) in [7, 11) is 0. The molecule has 1 amide bonds. The summed E-state index contributed by atoms with van der Waals surface area (Å²) in [5.41, 5.74) is -1.09. The molecule has 0 unspecified atom stereocenters. The van der Waals surface area contributed by atoms with E-state index < -0.39 is 30.8 Å². The van der Waals surface area contributed by atoms with Gasteiger partial charge in [0, 0.05) is 12.1 Å². The van der Waals surface area contributed by atoms with Gasteiger partial charge in [0.2, 0.25) is 0 Å². The van der Waals surface area contributed by atoms with Gasteiger partial charge in [-0.2, -0.15) is 23.3 Å². The van der Waals surface area contributed by atoms with E-state index in [9.17, 15) is 23.1 Å². The number of hydrogen-bond acceptors (Lipinski definition) is 4. The molecule has 1 atom stereocenters. The summed E-state index contributed by atoms with van der Waals surface area (Å²) in [5.74, 6) is -0.771. The first-order valence-electron chi connectivity index (χ1n) is 9.51. The predicted octanol–water partition coefficient (Wildman–Crippen LogP) is 4.10. The number of benzene rings is 1. The lowest BCUT2D eigenvalue weighted by atomic mass is 9.83. The van der Waals surface area contributed by atoms with Crippen LogP contribution in [0.1, 0.15) is 49.7 Å². The predicted molar refractivity (Wildman–Crippen MR) is 97.9 cm³/mol. The average Bonchev–Trinajstić information content (AvgIpc) is 3.02. The van der Waals surface area contributed by atoms with E-state index in [1.54, 1.807) is 18.2 Å². The van der Waals surface area contributed by atoms with E-state index in [1.807, 2.05) is 13.8 Å². The van der Waals surface area contributed by atoms with Crippen molar-refractivity contribution in [3.05, 3.63) is 29.3 Å². The topological polar surface area (TPSA) is 62.1 Å². The number of amides is 1. The number of nitrogens with zero attached hydrogens (tertiary/aromatic N) is 2. The largest absolute Gasteiger partial charge is 0.484 e. The summed E-state index contributed by atoms with van der Waals surface area (Å²) in [4.78, 5) is 12.5. The highest BCUT2D eigenvalue weighted by molar-refractivity contribution is 5.92. The molecule has 1 aromatic carbocycles. The number of carbonyl (C=O) groups is 1. The van der Waals surface area contributed by atoms with E-state index in [2.05, 4.69) is 5.10 Å². The van der Waals surface area contributed by atoms with Crippen LogP contribution < -0.4 is 4.74 Å². The van der Waals surface area contributed by atoms with Crippen molar-refractivity contribution in [2.45, 2.75) is 64.3 Å². The highest BCUT2D eigenvalue weighted by Crippen LogP contribution is 2.43. The molecule has 0 saturated heterocycles. The Labute approximate surface area is 162 Å². The van der Waals surface area contributed by atoms with Crippen molar-refractivity contribution in [2.75, 3.05) is 6.61 Å². The second-order valence-electron chi connectivity index (χ2n) is 7.66. The quantitative estimate of drug-likeness (QED) is 0.831. The summed E-state index contributed by atoms with van der Waals surface area (Å²) in [6.07, 6.45) is -1.38. The summed E-state index contributed by atoms with van der Waals surface area (Å²) in [6.45, 7) is 3.15. The van der Waals surface area contributed by atoms with Crippen molar-refractivity contribution < 1.29 is 27.8 Å². The fraction of sp³-hybridized carbons (Fsp3) is 0.600. The second kappa shape index (κ2) is 7.73. The van der Waals surface area contributed by atoms with E-state index in [0.29, 0.717) is 5.75 Å². The van der Waals surface area contributed by atoms with Gasteiger partial charge < -0.3 is 9.84 Å². The summed E-state index contributed by atoms with van der Waals surface area (Å²) < 4.78 is 46.2. The zero-order valence-electron chi connectivity index (χ0n) is 16.1. The molecule has 1 aromatic rings. The molecular formula is C20H25F3N2O3. The molecule has 154 valence electrons. The second-order valence-corrected chi connectivity index (χ2v) is 7.66. The molecule has 1 saturated carbocycles. The van der Waals surface area contributed by atoms with Gasteiger partial charge in [0.1, 0.15) is 5.75 Å². The summed E-state index contributed by atoms with van der Waals surface area (Å²) in [5, 5.41) is 14.5. The van der Waals surface area contributed by atoms with Crippen LogP contribution in [0.2, 0.25) is 0 Å². The Kier molecular flexibility index (Phi) is 5.70. The monoisotopic (exact) mass is 398 g/mol. The van der Waals surface area contributed by atoms with Crippen LogP contribution in [0, 0.1) is 19.8 Å². The molecule has 0 radical (unpaired) electrons. The zero-order chi connectivity index (χ0) is 20.5. The number of aryl methyl sites for hydroxylation is 2. The molecule has 3 rings (SSSR count). The molecular weight excluding hydrogens is 373 g/mol. The molecule has 2 aliphatic rings. The van der Waals surface area contributed by atoms with Crippen molar-refractivity contribution >= 4 is 11.6 Å². The van der Waals surface area contributed by atoms with Crippen molar-refractivity contribution in [1.82, 2.24) is 5.01 Å². The lowest BCUT2D eigenvalue weighted by Crippen LogP contribution is -2.57. The zero-order valence-corrected chi connectivity index (χ0v) is 16.1. The first kappa shape index (κ1) is 20.6. The molecule has 5 nitrogen and oxygen atoms in total. The number of hydrazone groups is 1. The van der Waals surface area contributed by atoms with Crippen LogP contribution in [0.3, 0.4) is 0 Å². The smallest absolute Gasteiger partial charge is 0.438 e. The van der Waals surface area contributed by atoms with Gasteiger partial charge in [0.05, 0.1) is 0 Å². The van der Waals surface area contributed by atoms with Crippen LogP contribution in [-0.4, -0.2) is 40.2 Å². The molecule has 1 heterocycles. The Morgan fingerprint density at radius 3 is 2.54 bits per heavy atom. The lowest BCUT2D eigenvalue weighted by molar-refractivity contribution is -0.302. The number of halogens is 3. The number of ether oxygens (including phenoxy) is 1. The van der Waals surface area contributed by atoms with Crippen molar-refractivity contribution in [3.8, 4) is 5.75 Å². The van der Waals surface area contributed by atoms with E-state index >= 15 is 0 Å². The number of hydrogen-bond donors (Lipinski definition) is 1. The number of rotatable bonds is 4. The third-order valence-corrected chi connectivity index (χ3v) is 5.61. The minimum absolute atomic E-state index is 0.124. The van der Waals surface area contributed by atoms with Crippen LogP contribution >= 0.6 is 0 Å². The fourth-order valence-corrected chi connectivity index (χ4v) is 3.73. The number of alkyl halides is 3. The summed E-state index contributed by atoms with van der Waals surface area (Å²) in [6, 6.07) is 5.15. The van der Waals surface area contributed by atoms with Gasteiger partial charge >= 0.3 is 6.18 Å². The Bertz CT molecular complexity index is 772. The number of carbonyl (C=O) groups excluding carboxylic acids is 1. The third kappa shape index (κ3) is 4.01. The van der Waals surface area contributed by atoms with Crippen LogP contribution in [0.5, 0.6) is 5.75 Å². The van der Waals surface area contributed by atoms with Gasteiger partial charge in [0.15, 0.2) is 6.61 Å². The van der Waals surface area contributed by atoms with E-state index in [1.165, 1.54) is 0 Å². The lowest BCUT2D eigenvalue weighted by Gasteiger charge is -2.32. The standard InChI is InChI=1S/C20H25F3N2O3/c1-13-8-9-16(10-14(13)2)28-12-18(26)25-19(27,20(21,22)23)11-17(24-25)15-6-4-3-5-7-15/h8-10,15,27H,3-7,11-12H2,1-2H3/t19-/m0/s1. The normalized spacial score (nSPS) is 23.6. The average molecular weight is 398 g/mol. The van der Waals surface area contributed by atoms with Gasteiger partial charge in [0.25, 0.3) is 11.6 Å². The molecule has 28 heavy (non-hydrogen) atoms. The SMILES string of the molecule is Cc1ccc(OCC(=O)N2N=C(C3CCCCC3)C[C@]2(O)C(F)(F)F)cc1C. The summed E-state index contributed by atoms with van der Waals surface area (Å²) >= 11 is 0. The van der Waals surface area contributed by atoms with Gasteiger partial charge in [-0.05, 0) is 55.9 Å². The van der Waals surface area contributed by atoms with Gasteiger partial charge in [-0.3, -0.25) is 4.79 Å². The maximum Gasteiger partial charge on any atom is 0.438 e. The Balaban J connectivity index is 1.77. The van der Waals surface area contributed by atoms with Crippen LogP contribution in [0.4, 0.5) is 13.2 Å². The number of aliphatic hydroxyl groups is 1. The van der Waals surface area contributed by atoms with E-state index in [4.69, 9.17) is 4.74 Å². The molecule has 0 aromatic heterocycles. The van der Waals surface area contributed by atoms with Crippen molar-refractivity contribution in [3.63, 3.8) is 0 Å². The van der Waals surface area contributed by atoms with Gasteiger partial charge in [-0.15, -0.1) is 0 Å². The highest BCUT2D eigenvalue weighted by Gasteiger charge is 2.63. The van der Waals surface area contributed by atoms with Crippen LogP contribution in [0.25, 0.3) is 0 Å². The first-order valence-corrected chi connectivity index (χ1v) is 9.51. The molecule has 1 aliphatic carbocycles. The minimum Gasteiger partial charge on any atom is -0.484 e. The van der Waals surface area contributed by atoms with E-state index in [0.717, 1.165) is 43.2 Å². The van der Waals surface area contributed by atoms with Gasteiger partial charge in [-0.1, -0.05) is 25.3 Å². The van der Waals surface area contributed by atoms with Crippen LogP contribution in [0.15, 0.2) is 23.3 Å². The molecule has 8 heteroatoms. The van der Waals surface area contributed by atoms with Crippen molar-refractivity contribution in [1.29, 1.82) is 0 Å².